The third kappa shape index (κ3) is 3.98. The summed E-state index contributed by atoms with van der Waals surface area (Å²) in [6.45, 7) is 2.12. The second-order valence-corrected chi connectivity index (χ2v) is 6.05. The summed E-state index contributed by atoms with van der Waals surface area (Å²) in [6.07, 6.45) is 5.09. The topological polar surface area (TPSA) is 62.3 Å². The van der Waals surface area contributed by atoms with Crippen molar-refractivity contribution < 1.29 is 9.59 Å². The Morgan fingerprint density at radius 2 is 1.67 bits per heavy atom. The second-order valence-electron chi connectivity index (χ2n) is 6.05. The van der Waals surface area contributed by atoms with E-state index in [1.165, 1.54) is 0 Å². The highest BCUT2D eigenvalue weighted by Crippen LogP contribution is 2.18. The Morgan fingerprint density at radius 1 is 1.00 bits per heavy atom. The minimum atomic E-state index is -0.0362. The number of nitrogens with zero attached hydrogens (tertiary/aromatic N) is 2. The largest absolute Gasteiger partial charge is 0.352 e. The summed E-state index contributed by atoms with van der Waals surface area (Å²) in [4.78, 5) is 30.3. The number of pyridine rings is 1. The zero-order chi connectivity index (χ0) is 16.8. The maximum absolute atomic E-state index is 12.4. The van der Waals surface area contributed by atoms with Gasteiger partial charge in [0.05, 0.1) is 0 Å². The van der Waals surface area contributed by atoms with Crippen molar-refractivity contribution in [2.45, 2.75) is 12.8 Å². The Balaban J connectivity index is 1.46. The average Bonchev–Trinajstić information content (AvgIpc) is 2.67. The summed E-state index contributed by atoms with van der Waals surface area (Å²) < 4.78 is 0. The lowest BCUT2D eigenvalue weighted by molar-refractivity contribution is 0.0684. The molecule has 0 spiro atoms. The van der Waals surface area contributed by atoms with E-state index in [0.29, 0.717) is 23.6 Å². The number of carbonyl (C=O) groups excluding carboxylic acids is 2. The van der Waals surface area contributed by atoms with Crippen molar-refractivity contribution in [3.8, 4) is 0 Å². The lowest BCUT2D eigenvalue weighted by Crippen LogP contribution is -2.41. The third-order valence-electron chi connectivity index (χ3n) is 4.42. The molecule has 124 valence electrons. The first-order chi connectivity index (χ1) is 11.7. The summed E-state index contributed by atoms with van der Waals surface area (Å²) in [5.41, 5.74) is 1.36. The van der Waals surface area contributed by atoms with Crippen LogP contribution in [0.1, 0.15) is 33.6 Å². The van der Waals surface area contributed by atoms with E-state index < -0.39 is 0 Å². The highest BCUT2D eigenvalue weighted by molar-refractivity contribution is 5.94. The Kier molecular flexibility index (Phi) is 5.21. The normalized spacial score (nSPS) is 15.1. The van der Waals surface area contributed by atoms with Crippen molar-refractivity contribution in [2.24, 2.45) is 5.92 Å². The Hall–Kier alpha value is -2.69. The van der Waals surface area contributed by atoms with Gasteiger partial charge in [-0.25, -0.2) is 0 Å². The summed E-state index contributed by atoms with van der Waals surface area (Å²) in [5.74, 6) is 0.439. The molecule has 0 bridgehead atoms. The third-order valence-corrected chi connectivity index (χ3v) is 4.42. The van der Waals surface area contributed by atoms with Gasteiger partial charge in [0.15, 0.2) is 0 Å². The van der Waals surface area contributed by atoms with Gasteiger partial charge in [-0.15, -0.1) is 0 Å². The van der Waals surface area contributed by atoms with Crippen molar-refractivity contribution in [1.29, 1.82) is 0 Å². The molecule has 1 aliphatic rings. The fourth-order valence-electron chi connectivity index (χ4n) is 2.95. The highest BCUT2D eigenvalue weighted by Gasteiger charge is 2.23. The van der Waals surface area contributed by atoms with Gasteiger partial charge in [-0.1, -0.05) is 18.2 Å². The molecule has 2 aromatic rings. The van der Waals surface area contributed by atoms with Crippen LogP contribution in [-0.2, 0) is 0 Å². The first kappa shape index (κ1) is 16.2. The van der Waals surface area contributed by atoms with E-state index >= 15 is 0 Å². The van der Waals surface area contributed by atoms with Gasteiger partial charge in [0.2, 0.25) is 0 Å². The average molecular weight is 323 g/mol. The van der Waals surface area contributed by atoms with Crippen molar-refractivity contribution >= 4 is 11.8 Å². The number of rotatable bonds is 4. The number of amides is 2. The number of hydrogen-bond donors (Lipinski definition) is 1. The van der Waals surface area contributed by atoms with E-state index in [-0.39, 0.29) is 11.8 Å². The first-order valence-corrected chi connectivity index (χ1v) is 8.26. The van der Waals surface area contributed by atoms with Crippen molar-refractivity contribution in [3.05, 3.63) is 66.0 Å². The Morgan fingerprint density at radius 3 is 2.33 bits per heavy atom. The zero-order valence-corrected chi connectivity index (χ0v) is 13.5. The van der Waals surface area contributed by atoms with Gasteiger partial charge < -0.3 is 10.2 Å². The van der Waals surface area contributed by atoms with E-state index in [1.807, 2.05) is 35.2 Å². The number of aromatic nitrogens is 1. The molecule has 0 radical (unpaired) electrons. The molecule has 1 N–H and O–H groups in total. The summed E-state index contributed by atoms with van der Waals surface area (Å²) in [5, 5.41) is 2.99. The molecular weight excluding hydrogens is 302 g/mol. The molecule has 3 rings (SSSR count). The van der Waals surface area contributed by atoms with Gasteiger partial charge >= 0.3 is 0 Å². The number of piperidine rings is 1. The minimum absolute atomic E-state index is 0.0362. The molecule has 1 saturated heterocycles. The molecule has 0 aliphatic carbocycles. The molecule has 1 aromatic carbocycles. The van der Waals surface area contributed by atoms with Crippen LogP contribution in [-0.4, -0.2) is 41.3 Å². The summed E-state index contributed by atoms with van der Waals surface area (Å²) >= 11 is 0. The molecule has 5 heteroatoms. The molecule has 0 unspecified atom stereocenters. The van der Waals surface area contributed by atoms with Crippen LogP contribution in [0.25, 0.3) is 0 Å². The van der Waals surface area contributed by atoms with E-state index in [1.54, 1.807) is 24.5 Å². The van der Waals surface area contributed by atoms with Gasteiger partial charge in [0.1, 0.15) is 0 Å². The molecule has 0 saturated carbocycles. The standard InChI is InChI=1S/C19H21N3O2/c23-18(16-4-2-1-3-5-16)21-14-15-8-12-22(13-9-15)19(24)17-6-10-20-11-7-17/h1-7,10-11,15H,8-9,12-14H2,(H,21,23). The predicted octanol–water partition coefficient (Wildman–Crippen LogP) is 2.36. The van der Waals surface area contributed by atoms with Crippen molar-refractivity contribution in [3.63, 3.8) is 0 Å². The number of hydrogen-bond acceptors (Lipinski definition) is 3. The van der Waals surface area contributed by atoms with Crippen molar-refractivity contribution in [2.75, 3.05) is 19.6 Å². The van der Waals surface area contributed by atoms with Gasteiger partial charge in [-0.2, -0.15) is 0 Å². The highest BCUT2D eigenvalue weighted by atomic mass is 16.2. The van der Waals surface area contributed by atoms with Crippen LogP contribution in [0.2, 0.25) is 0 Å². The SMILES string of the molecule is O=C(NCC1CCN(C(=O)c2ccncc2)CC1)c1ccccc1. The fourth-order valence-corrected chi connectivity index (χ4v) is 2.95. The maximum atomic E-state index is 12.4. The summed E-state index contributed by atoms with van der Waals surface area (Å²) in [6, 6.07) is 12.7. The van der Waals surface area contributed by atoms with Crippen LogP contribution in [0.3, 0.4) is 0 Å². The zero-order valence-electron chi connectivity index (χ0n) is 13.5. The van der Waals surface area contributed by atoms with Crippen LogP contribution in [0.5, 0.6) is 0 Å². The molecule has 24 heavy (non-hydrogen) atoms. The van der Waals surface area contributed by atoms with Crippen LogP contribution >= 0.6 is 0 Å². The fraction of sp³-hybridized carbons (Fsp3) is 0.316. The maximum Gasteiger partial charge on any atom is 0.253 e. The first-order valence-electron chi connectivity index (χ1n) is 8.26. The van der Waals surface area contributed by atoms with Gasteiger partial charge in [0, 0.05) is 43.2 Å². The molecule has 2 heterocycles. The smallest absolute Gasteiger partial charge is 0.253 e. The quantitative estimate of drug-likeness (QED) is 0.939. The van der Waals surface area contributed by atoms with E-state index in [2.05, 4.69) is 10.3 Å². The monoisotopic (exact) mass is 323 g/mol. The van der Waals surface area contributed by atoms with Crippen LogP contribution in [0.15, 0.2) is 54.9 Å². The number of carbonyl (C=O) groups is 2. The molecule has 1 aromatic heterocycles. The van der Waals surface area contributed by atoms with Gasteiger partial charge in [-0.05, 0) is 43.0 Å². The van der Waals surface area contributed by atoms with Gasteiger partial charge in [-0.3, -0.25) is 14.6 Å². The molecular formula is C19H21N3O2. The minimum Gasteiger partial charge on any atom is -0.352 e. The summed E-state index contributed by atoms with van der Waals surface area (Å²) in [7, 11) is 0. The van der Waals surface area contributed by atoms with E-state index in [9.17, 15) is 9.59 Å². The lowest BCUT2D eigenvalue weighted by Gasteiger charge is -2.32. The number of likely N-dealkylation sites (tertiary alicyclic amines) is 1. The molecule has 0 atom stereocenters. The number of nitrogens with one attached hydrogen (secondary N) is 1. The predicted molar refractivity (Wildman–Crippen MR) is 91.6 cm³/mol. The Labute approximate surface area is 141 Å². The second kappa shape index (κ2) is 7.73. The Bertz CT molecular complexity index is 680. The molecule has 1 aliphatic heterocycles. The van der Waals surface area contributed by atoms with E-state index in [4.69, 9.17) is 0 Å². The van der Waals surface area contributed by atoms with Crippen LogP contribution in [0.4, 0.5) is 0 Å². The molecule has 1 fully saturated rings. The number of benzene rings is 1. The van der Waals surface area contributed by atoms with E-state index in [0.717, 1.165) is 25.9 Å². The molecule has 2 amide bonds. The van der Waals surface area contributed by atoms with Crippen LogP contribution < -0.4 is 5.32 Å². The lowest BCUT2D eigenvalue weighted by atomic mass is 9.96. The van der Waals surface area contributed by atoms with Crippen molar-refractivity contribution in [1.82, 2.24) is 15.2 Å². The van der Waals surface area contributed by atoms with Gasteiger partial charge in [0.25, 0.3) is 11.8 Å². The van der Waals surface area contributed by atoms with Crippen LogP contribution in [0, 0.1) is 5.92 Å². The molecule has 5 nitrogen and oxygen atoms in total.